The van der Waals surface area contributed by atoms with Crippen molar-refractivity contribution in [3.8, 4) is 0 Å². The Labute approximate surface area is 380 Å². The summed E-state index contributed by atoms with van der Waals surface area (Å²) in [6, 6.07) is 20.2. The van der Waals surface area contributed by atoms with Gasteiger partial charge < -0.3 is 27.3 Å². The molecule has 0 N–H and O–H groups in total. The summed E-state index contributed by atoms with van der Waals surface area (Å²) in [5.41, 5.74) is 0.858. The number of rotatable bonds is 6. The van der Waals surface area contributed by atoms with E-state index in [1.807, 2.05) is 0 Å². The molecule has 0 heterocycles. The number of hydrogen-bond acceptors (Lipinski definition) is 18. The van der Waals surface area contributed by atoms with Gasteiger partial charge in [0.2, 0.25) is 0 Å². The van der Waals surface area contributed by atoms with Gasteiger partial charge in [0.05, 0.1) is 29.4 Å². The van der Waals surface area contributed by atoms with Crippen molar-refractivity contribution in [1.29, 1.82) is 0 Å². The van der Waals surface area contributed by atoms with E-state index < -0.39 is 90.1 Å². The fraction of sp³-hybridized carbons (Fsp3) is 0.143. The van der Waals surface area contributed by atoms with Crippen molar-refractivity contribution in [3.05, 3.63) is 176 Å². The third kappa shape index (κ3) is 12.2. The summed E-state index contributed by atoms with van der Waals surface area (Å²) in [5, 5.41) is 0. The molecular formula is C42H30O18S6-6. The fourth-order valence-electron chi connectivity index (χ4n) is 7.88. The highest BCUT2D eigenvalue weighted by Crippen LogP contribution is 2.30. The molecule has 66 heavy (non-hydrogen) atoms. The van der Waals surface area contributed by atoms with Crippen molar-refractivity contribution in [2.75, 3.05) is 0 Å². The topological polar surface area (TPSA) is 343 Å². The second kappa shape index (κ2) is 17.5. The van der Waals surface area contributed by atoms with Crippen LogP contribution in [0.4, 0.5) is 0 Å². The fourth-order valence-corrected chi connectivity index (χ4v) is 11.4. The van der Waals surface area contributed by atoms with Crippen LogP contribution in [-0.2, 0) is 99.2 Å². The molecule has 348 valence electrons. The summed E-state index contributed by atoms with van der Waals surface area (Å²) in [6.45, 7) is 0. The average molecular weight is 1020 g/mol. The summed E-state index contributed by atoms with van der Waals surface area (Å²) < 4.78 is 223. The van der Waals surface area contributed by atoms with Gasteiger partial charge >= 0.3 is 0 Å². The maximum Gasteiger partial charge on any atom is 0.124 e. The maximum absolute atomic E-state index is 12.4. The minimum atomic E-state index is -5.20. The van der Waals surface area contributed by atoms with Gasteiger partial charge in [-0.2, -0.15) is 0 Å². The second-order valence-electron chi connectivity index (χ2n) is 15.7. The molecule has 0 radical (unpaired) electrons. The molecule has 7 rings (SSSR count). The van der Waals surface area contributed by atoms with Gasteiger partial charge in [-0.15, -0.1) is 0 Å². The van der Waals surface area contributed by atoms with Crippen molar-refractivity contribution in [1.82, 2.24) is 0 Å². The molecule has 0 atom stereocenters. The van der Waals surface area contributed by atoms with Gasteiger partial charge in [-0.1, -0.05) is 36.4 Å². The normalized spacial score (nSPS) is 14.3. The SMILES string of the molecule is O=S(=O)([O-])c1cc2cc(c1)Cc1cc(cc(S(=O)(=O)[O-])c1)Cc1cc(cc(S(=O)(=O)[O-])c1)Cc1cc(cc(S(=O)(=O)[O-])c1)Cc1cc(cc(S(=O)(=O)[O-])c1)Cc1cc(cc(S(=O)(=O)[O-])c1)C2. The van der Waals surface area contributed by atoms with Crippen molar-refractivity contribution >= 4 is 60.7 Å². The van der Waals surface area contributed by atoms with Crippen LogP contribution in [0.3, 0.4) is 0 Å². The van der Waals surface area contributed by atoms with E-state index in [9.17, 15) is 77.8 Å². The molecule has 12 bridgehead atoms. The van der Waals surface area contributed by atoms with Crippen LogP contribution in [0.25, 0.3) is 0 Å². The van der Waals surface area contributed by atoms with Crippen LogP contribution in [0, 0.1) is 0 Å². The first-order valence-electron chi connectivity index (χ1n) is 18.9. The minimum Gasteiger partial charge on any atom is -0.744 e. The van der Waals surface area contributed by atoms with Crippen LogP contribution in [0.1, 0.15) is 66.8 Å². The lowest BCUT2D eigenvalue weighted by Gasteiger charge is -2.18. The molecular weight excluding hydrogens is 985 g/mol. The smallest absolute Gasteiger partial charge is 0.124 e. The monoisotopic (exact) mass is 1010 g/mol. The molecule has 0 fully saturated rings. The second-order valence-corrected chi connectivity index (χ2v) is 24.0. The lowest BCUT2D eigenvalue weighted by Crippen LogP contribution is -2.07. The first kappa shape index (κ1) is 48.7. The van der Waals surface area contributed by atoms with Crippen molar-refractivity contribution in [2.45, 2.75) is 67.9 Å². The molecule has 1 aliphatic carbocycles. The molecule has 0 spiro atoms. The van der Waals surface area contributed by atoms with Crippen LogP contribution in [0.2, 0.25) is 0 Å². The van der Waals surface area contributed by atoms with E-state index in [0.717, 1.165) is 72.8 Å². The standard InChI is InChI=1S/C42H36O18S6/c43-61(44,45)37-13-25-1-26(14-37)8-28-3-30(18-39(16-28)63(49,50)51)10-32-5-34(22-41(20-32)65(55,56)57)12-36-6-35(23-42(24-36)66(58,59)60)11-33-4-31(19-40(21-33)64(52,53)54)9-29-2-27(7-25)15-38(17-29)62(46,47)48/h1-6,13-24H,7-12H2,(H,43,44,45)(H,46,47,48)(H,49,50,51)(H,52,53,54)(H,55,56,57)(H,58,59,60)/p-6. The zero-order valence-electron chi connectivity index (χ0n) is 33.4. The Hall–Kier alpha value is -5.22. The van der Waals surface area contributed by atoms with Crippen LogP contribution < -0.4 is 0 Å². The Kier molecular flexibility index (Phi) is 12.9. The number of benzene rings is 6. The van der Waals surface area contributed by atoms with Gasteiger partial charge in [0.15, 0.2) is 0 Å². The lowest BCUT2D eigenvalue weighted by atomic mass is 9.94. The molecule has 18 nitrogen and oxygen atoms in total. The Morgan fingerprint density at radius 3 is 0.364 bits per heavy atom. The van der Waals surface area contributed by atoms with E-state index >= 15 is 0 Å². The Bertz CT molecular complexity index is 2940. The average Bonchev–Trinajstić information content (AvgIpc) is 3.15. The van der Waals surface area contributed by atoms with Gasteiger partial charge in [-0.05, 0) is 178 Å². The molecule has 0 aliphatic heterocycles. The number of fused-ring (bicyclic) bond motifs is 12. The molecule has 24 heteroatoms. The third-order valence-corrected chi connectivity index (χ3v) is 15.2. The molecule has 1 aliphatic rings. The molecule has 6 aromatic rings. The van der Waals surface area contributed by atoms with Crippen LogP contribution in [-0.4, -0.2) is 77.8 Å². The van der Waals surface area contributed by atoms with E-state index in [0.29, 0.717) is 0 Å². The summed E-state index contributed by atoms with van der Waals surface area (Å²) in [7, 11) is -31.2. The van der Waals surface area contributed by atoms with Gasteiger partial charge in [-0.3, -0.25) is 0 Å². The highest BCUT2D eigenvalue weighted by atomic mass is 32.2. The molecule has 0 aromatic heterocycles. The van der Waals surface area contributed by atoms with E-state index in [2.05, 4.69) is 0 Å². The highest BCUT2D eigenvalue weighted by Gasteiger charge is 2.17. The molecule has 0 amide bonds. The van der Waals surface area contributed by atoms with Gasteiger partial charge in [0, 0.05) is 0 Å². The number of hydrogen-bond donors (Lipinski definition) is 0. The van der Waals surface area contributed by atoms with Crippen LogP contribution in [0.5, 0.6) is 0 Å². The predicted molar refractivity (Wildman–Crippen MR) is 223 cm³/mol. The van der Waals surface area contributed by atoms with Crippen LogP contribution >= 0.6 is 0 Å². The zero-order chi connectivity index (χ0) is 48.4. The highest BCUT2D eigenvalue weighted by molar-refractivity contribution is 7.87. The van der Waals surface area contributed by atoms with Gasteiger partial charge in [0.25, 0.3) is 0 Å². The third-order valence-electron chi connectivity index (χ3n) is 10.3. The Morgan fingerprint density at radius 2 is 0.288 bits per heavy atom. The van der Waals surface area contributed by atoms with Gasteiger partial charge in [0.1, 0.15) is 60.7 Å². The first-order chi connectivity index (χ1) is 30.3. The minimum absolute atomic E-state index is 0.0715. The van der Waals surface area contributed by atoms with E-state index in [1.165, 1.54) is 36.4 Å². The van der Waals surface area contributed by atoms with E-state index in [4.69, 9.17) is 0 Å². The lowest BCUT2D eigenvalue weighted by molar-refractivity contribution is 0.460. The predicted octanol–water partition coefficient (Wildman–Crippen LogP) is 2.97. The molecule has 0 saturated carbocycles. The largest absolute Gasteiger partial charge is 0.744 e. The summed E-state index contributed by atoms with van der Waals surface area (Å²) in [4.78, 5) is -4.54. The molecule has 6 aromatic carbocycles. The summed E-state index contributed by atoms with van der Waals surface area (Å²) >= 11 is 0. The van der Waals surface area contributed by atoms with Crippen molar-refractivity contribution < 1.29 is 77.8 Å². The summed E-state index contributed by atoms with van der Waals surface area (Å²) in [6.07, 6.45) is -2.03. The van der Waals surface area contributed by atoms with E-state index in [-0.39, 0.29) is 105 Å². The Balaban J connectivity index is 1.50. The first-order valence-corrected chi connectivity index (χ1v) is 27.3. The zero-order valence-corrected chi connectivity index (χ0v) is 38.3. The van der Waals surface area contributed by atoms with Gasteiger partial charge in [-0.25, -0.2) is 50.5 Å². The quantitative estimate of drug-likeness (QED) is 0.216. The van der Waals surface area contributed by atoms with Crippen molar-refractivity contribution in [2.24, 2.45) is 0 Å². The molecule has 0 saturated heterocycles. The Morgan fingerprint density at radius 1 is 0.197 bits per heavy atom. The molecule has 0 unspecified atom stereocenters. The summed E-state index contributed by atoms with van der Waals surface area (Å²) in [5.74, 6) is 0. The maximum atomic E-state index is 12.4. The van der Waals surface area contributed by atoms with Crippen molar-refractivity contribution in [3.63, 3.8) is 0 Å². The van der Waals surface area contributed by atoms with E-state index in [1.54, 1.807) is 0 Å². The van der Waals surface area contributed by atoms with Crippen LogP contribution in [0.15, 0.2) is 139 Å².